The Bertz CT molecular complexity index is 1770. The van der Waals surface area contributed by atoms with E-state index in [1.807, 2.05) is 13.1 Å². The molecular formula is C32H31ClFN7O5. The number of anilines is 1. The predicted molar refractivity (Wildman–Crippen MR) is 168 cm³/mol. The summed E-state index contributed by atoms with van der Waals surface area (Å²) in [4.78, 5) is 42.5. The third-order valence-corrected chi connectivity index (χ3v) is 7.97. The number of carboxylic acids is 1. The Morgan fingerprint density at radius 1 is 1.17 bits per heavy atom. The third kappa shape index (κ3) is 7.05. The van der Waals surface area contributed by atoms with Gasteiger partial charge in [0, 0.05) is 36.0 Å². The van der Waals surface area contributed by atoms with Crippen LogP contribution >= 0.6 is 11.6 Å². The number of aromatic carboxylic acids is 1. The molecule has 46 heavy (non-hydrogen) atoms. The summed E-state index contributed by atoms with van der Waals surface area (Å²) in [6.07, 6.45) is 4.15. The van der Waals surface area contributed by atoms with Crippen molar-refractivity contribution in [1.82, 2.24) is 30.0 Å². The van der Waals surface area contributed by atoms with Crippen LogP contribution in [0.2, 0.25) is 5.02 Å². The Labute approximate surface area is 269 Å². The molecule has 0 saturated heterocycles. The largest absolute Gasteiger partial charge is 0.492 e. The average molecular weight is 648 g/mol. The number of carboxylic acid groups (broad SMARTS) is 1. The minimum atomic E-state index is -1.10. The number of nitrogens with one attached hydrogen (secondary N) is 1. The first-order valence-electron chi connectivity index (χ1n) is 14.4. The molecule has 0 saturated carbocycles. The van der Waals surface area contributed by atoms with Crippen LogP contribution in [0.1, 0.15) is 40.0 Å². The van der Waals surface area contributed by atoms with Gasteiger partial charge in [-0.3, -0.25) is 9.59 Å². The molecule has 12 nitrogen and oxygen atoms in total. The molecule has 4 aromatic rings. The standard InChI is InChI=1S/C32H31ClFN7O5/c1-3-39(2)17-18-46-27-6-4-5-23-22(27)15-16-40(30(23)31(43)36-21-9-7-20(8-10-21)32(44)45)28(42)14-11-24-26(41-19-35-37-38-41)13-12-25(33)29(24)34/h4-14,19,30H,3,15-18H2,1-2H3,(H,36,43)(H,44,45)/b14-11+. The number of likely N-dealkylation sites (N-methyl/N-ethyl adjacent to an activating group) is 1. The van der Waals surface area contributed by atoms with E-state index in [4.69, 9.17) is 16.3 Å². The van der Waals surface area contributed by atoms with Crippen LogP contribution in [-0.2, 0) is 16.0 Å². The highest BCUT2D eigenvalue weighted by Gasteiger charge is 2.36. The Hall–Kier alpha value is -5.14. The van der Waals surface area contributed by atoms with Crippen molar-refractivity contribution in [3.63, 3.8) is 0 Å². The summed E-state index contributed by atoms with van der Waals surface area (Å²) in [6.45, 7) is 4.23. The summed E-state index contributed by atoms with van der Waals surface area (Å²) in [6, 6.07) is 12.9. The average Bonchev–Trinajstić information content (AvgIpc) is 3.60. The molecule has 0 fully saturated rings. The van der Waals surface area contributed by atoms with Crippen molar-refractivity contribution in [2.24, 2.45) is 0 Å². The molecule has 0 aliphatic carbocycles. The van der Waals surface area contributed by atoms with Crippen LogP contribution in [0.5, 0.6) is 5.75 Å². The van der Waals surface area contributed by atoms with Crippen molar-refractivity contribution in [3.8, 4) is 11.4 Å². The molecule has 0 radical (unpaired) electrons. The van der Waals surface area contributed by atoms with E-state index in [1.54, 1.807) is 12.1 Å². The first kappa shape index (κ1) is 32.3. The van der Waals surface area contributed by atoms with Crippen LogP contribution in [0, 0.1) is 5.82 Å². The Kier molecular flexibility index (Phi) is 10.0. The van der Waals surface area contributed by atoms with Crippen LogP contribution in [-0.4, -0.2) is 86.2 Å². The van der Waals surface area contributed by atoms with E-state index in [0.29, 0.717) is 36.6 Å². The quantitative estimate of drug-likeness (QED) is 0.228. The smallest absolute Gasteiger partial charge is 0.335 e. The van der Waals surface area contributed by atoms with Gasteiger partial charge in [0.1, 0.15) is 24.7 Å². The van der Waals surface area contributed by atoms with Gasteiger partial charge in [-0.2, -0.15) is 4.68 Å². The van der Waals surface area contributed by atoms with Gasteiger partial charge in [-0.1, -0.05) is 30.7 Å². The zero-order valence-corrected chi connectivity index (χ0v) is 25.8. The van der Waals surface area contributed by atoms with Crippen LogP contribution in [0.4, 0.5) is 10.1 Å². The van der Waals surface area contributed by atoms with Gasteiger partial charge in [-0.25, -0.2) is 9.18 Å². The number of hydrogen-bond donors (Lipinski definition) is 2. The molecule has 1 aliphatic rings. The van der Waals surface area contributed by atoms with Crippen LogP contribution in [0.15, 0.2) is 67.0 Å². The second-order valence-electron chi connectivity index (χ2n) is 10.5. The summed E-state index contributed by atoms with van der Waals surface area (Å²) in [5.74, 6) is -2.31. The van der Waals surface area contributed by atoms with Crippen molar-refractivity contribution in [1.29, 1.82) is 0 Å². The summed E-state index contributed by atoms with van der Waals surface area (Å²) in [5.41, 5.74) is 2.04. The highest BCUT2D eigenvalue weighted by Crippen LogP contribution is 2.36. The number of carbonyl (C=O) groups is 3. The lowest BCUT2D eigenvalue weighted by Crippen LogP contribution is -2.45. The number of aromatic nitrogens is 4. The molecule has 2 N–H and O–H groups in total. The topological polar surface area (TPSA) is 143 Å². The zero-order valence-electron chi connectivity index (χ0n) is 25.1. The number of hydrogen-bond acceptors (Lipinski definition) is 8. The van der Waals surface area contributed by atoms with Gasteiger partial charge in [-0.05, 0) is 84.5 Å². The summed E-state index contributed by atoms with van der Waals surface area (Å²) < 4.78 is 22.5. The lowest BCUT2D eigenvalue weighted by molar-refractivity contribution is -0.135. The minimum Gasteiger partial charge on any atom is -0.492 e. The Balaban J connectivity index is 1.48. The summed E-state index contributed by atoms with van der Waals surface area (Å²) in [5, 5.41) is 22.9. The molecule has 0 bridgehead atoms. The molecule has 5 rings (SSSR count). The Morgan fingerprint density at radius 2 is 1.96 bits per heavy atom. The molecule has 238 valence electrons. The molecule has 14 heteroatoms. The second-order valence-corrected chi connectivity index (χ2v) is 10.9. The first-order chi connectivity index (χ1) is 22.2. The molecule has 0 spiro atoms. The molecule has 1 aliphatic heterocycles. The highest BCUT2D eigenvalue weighted by atomic mass is 35.5. The van der Waals surface area contributed by atoms with Gasteiger partial charge in [0.25, 0.3) is 5.91 Å². The van der Waals surface area contributed by atoms with Gasteiger partial charge in [0.15, 0.2) is 5.82 Å². The summed E-state index contributed by atoms with van der Waals surface area (Å²) in [7, 11) is 1.99. The van der Waals surface area contributed by atoms with Crippen LogP contribution in [0.3, 0.4) is 0 Å². The first-order valence-corrected chi connectivity index (χ1v) is 14.8. The lowest BCUT2D eigenvalue weighted by Gasteiger charge is -2.36. The van der Waals surface area contributed by atoms with Gasteiger partial charge >= 0.3 is 5.97 Å². The molecule has 2 heterocycles. The number of ether oxygens (including phenoxy) is 1. The number of rotatable bonds is 11. The van der Waals surface area contributed by atoms with E-state index in [0.717, 1.165) is 12.1 Å². The normalized spacial score (nSPS) is 14.4. The predicted octanol–water partition coefficient (Wildman–Crippen LogP) is 4.26. The maximum atomic E-state index is 15.2. The van der Waals surface area contributed by atoms with E-state index in [-0.39, 0.29) is 28.4 Å². The van der Waals surface area contributed by atoms with Crippen LogP contribution < -0.4 is 10.1 Å². The number of amides is 2. The van der Waals surface area contributed by atoms with Gasteiger partial charge in [0.2, 0.25) is 5.91 Å². The Morgan fingerprint density at radius 3 is 2.65 bits per heavy atom. The maximum Gasteiger partial charge on any atom is 0.335 e. The number of halogens is 2. The molecule has 2 amide bonds. The van der Waals surface area contributed by atoms with Crippen molar-refractivity contribution in [2.75, 3.05) is 38.6 Å². The number of fused-ring (bicyclic) bond motifs is 1. The highest BCUT2D eigenvalue weighted by molar-refractivity contribution is 6.31. The number of nitrogens with zero attached hydrogens (tertiary/aromatic N) is 6. The minimum absolute atomic E-state index is 0.0159. The van der Waals surface area contributed by atoms with E-state index in [9.17, 15) is 19.5 Å². The number of benzene rings is 3. The SMILES string of the molecule is CCN(C)CCOc1cccc2c1CCN(C(=O)/C=C/c1c(-n3cnnn3)ccc(Cl)c1F)C2C(=O)Nc1ccc(C(=O)O)cc1. The molecule has 1 unspecified atom stereocenters. The third-order valence-electron chi connectivity index (χ3n) is 7.68. The van der Waals surface area contributed by atoms with E-state index in [2.05, 4.69) is 32.7 Å². The fourth-order valence-electron chi connectivity index (χ4n) is 5.10. The van der Waals surface area contributed by atoms with Crippen molar-refractivity contribution < 1.29 is 28.6 Å². The van der Waals surface area contributed by atoms with Crippen molar-refractivity contribution >= 4 is 41.1 Å². The van der Waals surface area contributed by atoms with E-state index < -0.39 is 29.6 Å². The molecular weight excluding hydrogens is 617 g/mol. The lowest BCUT2D eigenvalue weighted by atomic mass is 9.90. The van der Waals surface area contributed by atoms with Crippen molar-refractivity contribution in [3.05, 3.63) is 100 Å². The number of tetrazole rings is 1. The van der Waals surface area contributed by atoms with E-state index >= 15 is 4.39 Å². The zero-order chi connectivity index (χ0) is 32.8. The second kappa shape index (κ2) is 14.3. The van der Waals surface area contributed by atoms with Crippen LogP contribution in [0.25, 0.3) is 11.8 Å². The molecule has 1 atom stereocenters. The van der Waals surface area contributed by atoms with Gasteiger partial charge in [0.05, 0.1) is 16.3 Å². The van der Waals surface area contributed by atoms with Gasteiger partial charge < -0.3 is 25.0 Å². The summed E-state index contributed by atoms with van der Waals surface area (Å²) >= 11 is 6.05. The van der Waals surface area contributed by atoms with Gasteiger partial charge in [-0.15, -0.1) is 5.10 Å². The molecule has 3 aromatic carbocycles. The van der Waals surface area contributed by atoms with Crippen molar-refractivity contribution in [2.45, 2.75) is 19.4 Å². The monoisotopic (exact) mass is 647 g/mol. The number of carbonyl (C=O) groups excluding carboxylic acids is 2. The molecule has 1 aromatic heterocycles. The maximum absolute atomic E-state index is 15.2. The fraction of sp³-hybridized carbons (Fsp3) is 0.250. The fourth-order valence-corrected chi connectivity index (χ4v) is 5.27. The van der Waals surface area contributed by atoms with E-state index in [1.165, 1.54) is 64.5 Å².